The SMILES string of the molecule is O=S(=O)(Nc1cc(Sc2nc3ccccc3s2)c(O)c2ccccc12)c1ccc(Cl)c(C(F)(F)F)c1. The van der Waals surface area contributed by atoms with Crippen LogP contribution in [0, 0.1) is 0 Å². The van der Waals surface area contributed by atoms with Gasteiger partial charge in [0.1, 0.15) is 5.75 Å². The molecule has 0 fully saturated rings. The van der Waals surface area contributed by atoms with Crippen molar-refractivity contribution < 1.29 is 26.7 Å². The van der Waals surface area contributed by atoms with Crippen molar-refractivity contribution in [3.8, 4) is 5.75 Å². The van der Waals surface area contributed by atoms with Crippen molar-refractivity contribution in [3.05, 3.63) is 83.4 Å². The molecular formula is C24H14ClF3N2O3S3. The summed E-state index contributed by atoms with van der Waals surface area (Å²) in [6, 6.07) is 17.9. The van der Waals surface area contributed by atoms with Gasteiger partial charge in [0.05, 0.1) is 36.3 Å². The number of sulfonamides is 1. The van der Waals surface area contributed by atoms with E-state index in [4.69, 9.17) is 11.6 Å². The summed E-state index contributed by atoms with van der Waals surface area (Å²) in [6.45, 7) is 0. The largest absolute Gasteiger partial charge is 0.506 e. The molecule has 0 saturated heterocycles. The molecule has 0 aliphatic heterocycles. The number of fused-ring (bicyclic) bond motifs is 2. The van der Waals surface area contributed by atoms with Crippen LogP contribution >= 0.6 is 34.7 Å². The maximum absolute atomic E-state index is 13.3. The fourth-order valence-electron chi connectivity index (χ4n) is 3.58. The van der Waals surface area contributed by atoms with Gasteiger partial charge in [-0.25, -0.2) is 13.4 Å². The van der Waals surface area contributed by atoms with Crippen LogP contribution in [0.5, 0.6) is 5.75 Å². The van der Waals surface area contributed by atoms with E-state index in [0.29, 0.717) is 26.1 Å². The third kappa shape index (κ3) is 4.71. The van der Waals surface area contributed by atoms with E-state index in [0.717, 1.165) is 34.1 Å². The number of halogens is 4. The molecule has 0 unspecified atom stereocenters. The molecule has 0 spiro atoms. The Labute approximate surface area is 216 Å². The van der Waals surface area contributed by atoms with E-state index in [2.05, 4.69) is 9.71 Å². The predicted octanol–water partition coefficient (Wildman–Crippen LogP) is 7.78. The zero-order valence-electron chi connectivity index (χ0n) is 17.9. The van der Waals surface area contributed by atoms with Crippen molar-refractivity contribution >= 4 is 71.4 Å². The van der Waals surface area contributed by atoms with Gasteiger partial charge in [-0.2, -0.15) is 13.2 Å². The summed E-state index contributed by atoms with van der Waals surface area (Å²) in [4.78, 5) is 4.27. The minimum atomic E-state index is -4.82. The van der Waals surface area contributed by atoms with Gasteiger partial charge in [0, 0.05) is 10.8 Å². The van der Waals surface area contributed by atoms with Crippen LogP contribution in [0.3, 0.4) is 0 Å². The van der Waals surface area contributed by atoms with E-state index in [1.807, 2.05) is 24.3 Å². The highest BCUT2D eigenvalue weighted by Crippen LogP contribution is 2.45. The minimum Gasteiger partial charge on any atom is -0.506 e. The molecule has 4 aromatic carbocycles. The number of aromatic hydroxyl groups is 1. The van der Waals surface area contributed by atoms with Gasteiger partial charge in [-0.1, -0.05) is 59.8 Å². The van der Waals surface area contributed by atoms with Crippen LogP contribution in [0.15, 0.2) is 86.9 Å². The van der Waals surface area contributed by atoms with E-state index in [1.54, 1.807) is 24.3 Å². The summed E-state index contributed by atoms with van der Waals surface area (Å²) in [5.41, 5.74) is -0.375. The number of benzene rings is 4. The molecule has 0 saturated carbocycles. The number of anilines is 1. The highest BCUT2D eigenvalue weighted by atomic mass is 35.5. The quantitative estimate of drug-likeness (QED) is 0.212. The number of nitrogens with zero attached hydrogens (tertiary/aromatic N) is 1. The van der Waals surface area contributed by atoms with Gasteiger partial charge in [0.25, 0.3) is 10.0 Å². The standard InChI is InChI=1S/C24H14ClF3N2O3S3/c25-17-10-9-13(11-16(17)24(26,27)28)36(32,33)30-19-12-21(22(31)15-6-2-1-5-14(15)19)35-23-29-18-7-3-4-8-20(18)34-23/h1-12,30-31H. The molecular weight excluding hydrogens is 553 g/mol. The summed E-state index contributed by atoms with van der Waals surface area (Å²) in [5, 5.41) is 11.1. The lowest BCUT2D eigenvalue weighted by Gasteiger charge is -2.15. The molecule has 36 heavy (non-hydrogen) atoms. The van der Waals surface area contributed by atoms with Crippen LogP contribution in [-0.4, -0.2) is 18.5 Å². The van der Waals surface area contributed by atoms with Gasteiger partial charge in [0.15, 0.2) is 4.34 Å². The van der Waals surface area contributed by atoms with Gasteiger partial charge in [-0.3, -0.25) is 4.72 Å². The molecule has 12 heteroatoms. The second-order valence-corrected chi connectivity index (χ2v) is 12.0. The van der Waals surface area contributed by atoms with Crippen molar-refractivity contribution in [1.82, 2.24) is 4.98 Å². The molecule has 5 rings (SSSR count). The summed E-state index contributed by atoms with van der Waals surface area (Å²) in [7, 11) is -4.44. The van der Waals surface area contributed by atoms with Crippen LogP contribution < -0.4 is 4.72 Å². The van der Waals surface area contributed by atoms with E-state index in [1.165, 1.54) is 17.4 Å². The molecule has 0 aliphatic carbocycles. The second-order valence-electron chi connectivity index (χ2n) is 7.61. The maximum Gasteiger partial charge on any atom is 0.417 e. The Hall–Kier alpha value is -2.99. The van der Waals surface area contributed by atoms with Crippen molar-refractivity contribution in [2.45, 2.75) is 20.3 Å². The summed E-state index contributed by atoms with van der Waals surface area (Å²) in [5.74, 6) is -0.0661. The van der Waals surface area contributed by atoms with E-state index >= 15 is 0 Å². The number of thiazole rings is 1. The van der Waals surface area contributed by atoms with Crippen molar-refractivity contribution in [3.63, 3.8) is 0 Å². The summed E-state index contributed by atoms with van der Waals surface area (Å²) < 4.78 is 70.1. The highest BCUT2D eigenvalue weighted by molar-refractivity contribution is 8.01. The number of phenolic OH excluding ortho intramolecular Hbond substituents is 1. The van der Waals surface area contributed by atoms with Gasteiger partial charge in [-0.05, 0) is 36.4 Å². The summed E-state index contributed by atoms with van der Waals surface area (Å²) >= 11 is 8.21. The molecule has 184 valence electrons. The first kappa shape index (κ1) is 24.7. The molecule has 0 amide bonds. The van der Waals surface area contributed by atoms with Crippen molar-refractivity contribution in [2.75, 3.05) is 4.72 Å². The Morgan fingerprint density at radius 1 is 0.972 bits per heavy atom. The summed E-state index contributed by atoms with van der Waals surface area (Å²) in [6.07, 6.45) is -4.82. The Morgan fingerprint density at radius 2 is 1.67 bits per heavy atom. The third-order valence-corrected chi connectivity index (χ3v) is 9.07. The van der Waals surface area contributed by atoms with Crippen LogP contribution in [0.2, 0.25) is 5.02 Å². The number of nitrogens with one attached hydrogen (secondary N) is 1. The van der Waals surface area contributed by atoms with Crippen LogP contribution in [0.25, 0.3) is 21.0 Å². The predicted molar refractivity (Wildman–Crippen MR) is 137 cm³/mol. The zero-order valence-corrected chi connectivity index (χ0v) is 21.1. The Bertz CT molecular complexity index is 1700. The first-order chi connectivity index (χ1) is 17.0. The molecule has 0 bridgehead atoms. The lowest BCUT2D eigenvalue weighted by atomic mass is 10.1. The van der Waals surface area contributed by atoms with Crippen LogP contribution in [0.1, 0.15) is 5.56 Å². The first-order valence-corrected chi connectivity index (χ1v) is 13.7. The molecule has 5 nitrogen and oxygen atoms in total. The number of aromatic nitrogens is 1. The van der Waals surface area contributed by atoms with Crippen molar-refractivity contribution in [1.29, 1.82) is 0 Å². The van der Waals surface area contributed by atoms with Gasteiger partial charge in [0.2, 0.25) is 0 Å². The monoisotopic (exact) mass is 566 g/mol. The number of hydrogen-bond donors (Lipinski definition) is 2. The fraction of sp³-hybridized carbons (Fsp3) is 0.0417. The minimum absolute atomic E-state index is 0.0661. The third-order valence-electron chi connectivity index (χ3n) is 5.25. The van der Waals surface area contributed by atoms with E-state index in [-0.39, 0.29) is 11.4 Å². The topological polar surface area (TPSA) is 79.3 Å². The fourth-order valence-corrected chi connectivity index (χ4v) is 7.02. The smallest absolute Gasteiger partial charge is 0.417 e. The molecule has 1 heterocycles. The lowest BCUT2D eigenvalue weighted by molar-refractivity contribution is -0.137. The molecule has 5 aromatic rings. The highest BCUT2D eigenvalue weighted by Gasteiger charge is 2.34. The molecule has 0 atom stereocenters. The van der Waals surface area contributed by atoms with Gasteiger partial charge >= 0.3 is 6.18 Å². The normalized spacial score (nSPS) is 12.3. The maximum atomic E-state index is 13.3. The number of rotatable bonds is 5. The van der Waals surface area contributed by atoms with Crippen LogP contribution in [0.4, 0.5) is 18.9 Å². The average Bonchev–Trinajstić information content (AvgIpc) is 3.24. The first-order valence-electron chi connectivity index (χ1n) is 10.2. The average molecular weight is 567 g/mol. The Kier molecular flexibility index (Phi) is 6.27. The number of phenols is 1. The Balaban J connectivity index is 1.58. The molecule has 2 N–H and O–H groups in total. The molecule has 1 aromatic heterocycles. The number of para-hydroxylation sites is 1. The van der Waals surface area contributed by atoms with Crippen molar-refractivity contribution in [2.24, 2.45) is 0 Å². The molecule has 0 aliphatic rings. The van der Waals surface area contributed by atoms with E-state index < -0.39 is 31.7 Å². The number of alkyl halides is 3. The molecule has 0 radical (unpaired) electrons. The Morgan fingerprint density at radius 3 is 2.39 bits per heavy atom. The zero-order chi connectivity index (χ0) is 25.7. The lowest BCUT2D eigenvalue weighted by Crippen LogP contribution is -2.15. The van der Waals surface area contributed by atoms with E-state index in [9.17, 15) is 26.7 Å². The van der Waals surface area contributed by atoms with Gasteiger partial charge in [-0.15, -0.1) is 11.3 Å². The van der Waals surface area contributed by atoms with Gasteiger partial charge < -0.3 is 5.11 Å². The number of hydrogen-bond acceptors (Lipinski definition) is 6. The second kappa shape index (κ2) is 9.15. The van der Waals surface area contributed by atoms with Crippen LogP contribution in [-0.2, 0) is 16.2 Å².